The maximum atomic E-state index is 5.74. The van der Waals surface area contributed by atoms with Gasteiger partial charge in [-0.1, -0.05) is 0 Å². The third-order valence-electron chi connectivity index (χ3n) is 2.44. The van der Waals surface area contributed by atoms with Crippen molar-refractivity contribution in [3.05, 3.63) is 0 Å². The lowest BCUT2D eigenvalue weighted by Crippen LogP contribution is -2.38. The van der Waals surface area contributed by atoms with Gasteiger partial charge in [0.15, 0.2) is 0 Å². The molecule has 1 fully saturated rings. The summed E-state index contributed by atoms with van der Waals surface area (Å²) >= 11 is 2.03. The predicted octanol–water partition coefficient (Wildman–Crippen LogP) is 1.10. The molecule has 0 aromatic carbocycles. The van der Waals surface area contributed by atoms with Gasteiger partial charge in [-0.2, -0.15) is 11.8 Å². The Labute approximate surface area is 72.9 Å². The molecular formula is C8H17NOS. The third-order valence-corrected chi connectivity index (χ3v) is 3.42. The summed E-state index contributed by atoms with van der Waals surface area (Å²) < 4.78 is 5.19. The largest absolute Gasteiger partial charge is 0.384 e. The van der Waals surface area contributed by atoms with E-state index in [0.717, 1.165) is 13.2 Å². The lowest BCUT2D eigenvalue weighted by Gasteiger charge is -2.35. The van der Waals surface area contributed by atoms with Gasteiger partial charge in [0, 0.05) is 19.1 Å². The van der Waals surface area contributed by atoms with Crippen LogP contribution < -0.4 is 5.73 Å². The zero-order valence-corrected chi connectivity index (χ0v) is 7.95. The normalized spacial score (nSPS) is 23.5. The van der Waals surface area contributed by atoms with E-state index < -0.39 is 0 Å². The quantitative estimate of drug-likeness (QED) is 0.698. The van der Waals surface area contributed by atoms with Gasteiger partial charge in [-0.15, -0.1) is 0 Å². The van der Waals surface area contributed by atoms with Crippen molar-refractivity contribution in [1.29, 1.82) is 0 Å². The summed E-state index contributed by atoms with van der Waals surface area (Å²) in [5.41, 5.74) is 6.04. The second-order valence-electron chi connectivity index (χ2n) is 3.25. The van der Waals surface area contributed by atoms with Crippen molar-refractivity contribution in [3.8, 4) is 0 Å². The van der Waals surface area contributed by atoms with Gasteiger partial charge < -0.3 is 10.5 Å². The molecule has 1 saturated heterocycles. The maximum absolute atomic E-state index is 5.74. The van der Waals surface area contributed by atoms with Crippen LogP contribution >= 0.6 is 11.8 Å². The fraction of sp³-hybridized carbons (Fsp3) is 1.00. The number of thioether (sulfide) groups is 1. The van der Waals surface area contributed by atoms with Gasteiger partial charge in [-0.05, 0) is 24.3 Å². The Bertz CT molecular complexity index is 107. The first-order valence-electron chi connectivity index (χ1n) is 4.10. The van der Waals surface area contributed by atoms with E-state index in [9.17, 15) is 0 Å². The number of rotatable bonds is 3. The van der Waals surface area contributed by atoms with Crippen LogP contribution in [0.1, 0.15) is 12.8 Å². The van der Waals surface area contributed by atoms with Gasteiger partial charge in [0.25, 0.3) is 0 Å². The highest BCUT2D eigenvalue weighted by atomic mass is 32.2. The van der Waals surface area contributed by atoms with Crippen molar-refractivity contribution in [3.63, 3.8) is 0 Å². The number of ether oxygens (including phenoxy) is 1. The summed E-state index contributed by atoms with van der Waals surface area (Å²) in [5.74, 6) is 2.50. The molecule has 0 unspecified atom stereocenters. The van der Waals surface area contributed by atoms with E-state index >= 15 is 0 Å². The summed E-state index contributed by atoms with van der Waals surface area (Å²) in [6.45, 7) is 1.62. The molecule has 0 saturated carbocycles. The Morgan fingerprint density at radius 2 is 2.09 bits per heavy atom. The third kappa shape index (κ3) is 2.36. The van der Waals surface area contributed by atoms with Crippen molar-refractivity contribution < 1.29 is 4.74 Å². The SMILES string of the molecule is COCC1(CN)CCSCC1. The maximum Gasteiger partial charge on any atom is 0.0531 e. The Balaban J connectivity index is 2.42. The summed E-state index contributed by atoms with van der Waals surface area (Å²) in [5, 5.41) is 0. The van der Waals surface area contributed by atoms with Gasteiger partial charge >= 0.3 is 0 Å². The van der Waals surface area contributed by atoms with Crippen LogP contribution in [0, 0.1) is 5.41 Å². The average molecular weight is 175 g/mol. The summed E-state index contributed by atoms with van der Waals surface area (Å²) in [6.07, 6.45) is 2.45. The van der Waals surface area contributed by atoms with E-state index in [0.29, 0.717) is 5.41 Å². The molecular weight excluding hydrogens is 158 g/mol. The summed E-state index contributed by atoms with van der Waals surface area (Å²) in [6, 6.07) is 0. The first-order chi connectivity index (χ1) is 5.33. The molecule has 1 aliphatic heterocycles. The van der Waals surface area contributed by atoms with Crippen molar-refractivity contribution in [1.82, 2.24) is 0 Å². The standard InChI is InChI=1S/C8H17NOS/c1-10-7-8(6-9)2-4-11-5-3-8/h2-7,9H2,1H3. The zero-order valence-electron chi connectivity index (χ0n) is 7.14. The fourth-order valence-electron chi connectivity index (χ4n) is 1.52. The van der Waals surface area contributed by atoms with Gasteiger partial charge in [-0.3, -0.25) is 0 Å². The minimum atomic E-state index is 0.306. The molecule has 2 N–H and O–H groups in total. The van der Waals surface area contributed by atoms with Crippen molar-refractivity contribution in [2.75, 3.05) is 31.8 Å². The summed E-state index contributed by atoms with van der Waals surface area (Å²) in [4.78, 5) is 0. The number of methoxy groups -OCH3 is 1. The highest BCUT2D eigenvalue weighted by Crippen LogP contribution is 2.33. The molecule has 2 nitrogen and oxygen atoms in total. The molecule has 1 aliphatic rings. The van der Waals surface area contributed by atoms with Gasteiger partial charge in [0.1, 0.15) is 0 Å². The molecule has 66 valence electrons. The van der Waals surface area contributed by atoms with E-state index in [-0.39, 0.29) is 0 Å². The van der Waals surface area contributed by atoms with Gasteiger partial charge in [-0.25, -0.2) is 0 Å². The van der Waals surface area contributed by atoms with E-state index in [4.69, 9.17) is 10.5 Å². The van der Waals surface area contributed by atoms with Crippen LogP contribution in [0.15, 0.2) is 0 Å². The molecule has 0 aromatic rings. The van der Waals surface area contributed by atoms with E-state index in [2.05, 4.69) is 0 Å². The first kappa shape index (κ1) is 9.36. The molecule has 1 heterocycles. The molecule has 11 heavy (non-hydrogen) atoms. The monoisotopic (exact) mass is 175 g/mol. The van der Waals surface area contributed by atoms with E-state index in [1.54, 1.807) is 7.11 Å². The fourth-order valence-corrected chi connectivity index (χ4v) is 2.88. The van der Waals surface area contributed by atoms with Crippen LogP contribution in [0.3, 0.4) is 0 Å². The van der Waals surface area contributed by atoms with Crippen LogP contribution in [-0.2, 0) is 4.74 Å². The molecule has 0 radical (unpaired) electrons. The van der Waals surface area contributed by atoms with Crippen LogP contribution in [0.25, 0.3) is 0 Å². The van der Waals surface area contributed by atoms with Crippen molar-refractivity contribution in [2.24, 2.45) is 11.1 Å². The lowest BCUT2D eigenvalue weighted by molar-refractivity contribution is 0.0781. The molecule has 0 amide bonds. The van der Waals surface area contributed by atoms with E-state index in [1.807, 2.05) is 11.8 Å². The smallest absolute Gasteiger partial charge is 0.0531 e. The van der Waals surface area contributed by atoms with Crippen LogP contribution in [0.4, 0.5) is 0 Å². The number of hydrogen-bond acceptors (Lipinski definition) is 3. The van der Waals surface area contributed by atoms with Gasteiger partial charge in [0.2, 0.25) is 0 Å². The van der Waals surface area contributed by atoms with Gasteiger partial charge in [0.05, 0.1) is 6.61 Å². The summed E-state index contributed by atoms with van der Waals surface area (Å²) in [7, 11) is 1.76. The second kappa shape index (κ2) is 4.33. The molecule has 0 atom stereocenters. The minimum Gasteiger partial charge on any atom is -0.384 e. The molecule has 0 aromatic heterocycles. The van der Waals surface area contributed by atoms with Crippen LogP contribution in [0.2, 0.25) is 0 Å². The molecule has 3 heteroatoms. The zero-order chi connectivity index (χ0) is 8.16. The Morgan fingerprint density at radius 1 is 1.45 bits per heavy atom. The number of nitrogens with two attached hydrogens (primary N) is 1. The topological polar surface area (TPSA) is 35.2 Å². The Kier molecular flexibility index (Phi) is 3.69. The molecule has 0 spiro atoms. The highest BCUT2D eigenvalue weighted by Gasteiger charge is 2.30. The molecule has 0 aliphatic carbocycles. The first-order valence-corrected chi connectivity index (χ1v) is 5.25. The van der Waals surface area contributed by atoms with Crippen LogP contribution in [-0.4, -0.2) is 31.8 Å². The highest BCUT2D eigenvalue weighted by molar-refractivity contribution is 7.99. The van der Waals surface area contributed by atoms with Crippen molar-refractivity contribution >= 4 is 11.8 Å². The van der Waals surface area contributed by atoms with Crippen LogP contribution in [0.5, 0.6) is 0 Å². The predicted molar refractivity (Wildman–Crippen MR) is 49.9 cm³/mol. The lowest BCUT2D eigenvalue weighted by atomic mass is 9.83. The number of hydrogen-bond donors (Lipinski definition) is 1. The average Bonchev–Trinajstić information content (AvgIpc) is 2.07. The van der Waals surface area contributed by atoms with E-state index in [1.165, 1.54) is 24.3 Å². The minimum absolute atomic E-state index is 0.306. The second-order valence-corrected chi connectivity index (χ2v) is 4.47. The molecule has 0 bridgehead atoms. The Hall–Kier alpha value is 0.270. The Morgan fingerprint density at radius 3 is 2.55 bits per heavy atom. The van der Waals surface area contributed by atoms with Crippen molar-refractivity contribution in [2.45, 2.75) is 12.8 Å². The molecule has 1 rings (SSSR count).